The Bertz CT molecular complexity index is 703. The number of halogens is 1. The van der Waals surface area contributed by atoms with Gasteiger partial charge in [0.2, 0.25) is 0 Å². The molecule has 0 spiro atoms. The summed E-state index contributed by atoms with van der Waals surface area (Å²) in [4.78, 5) is 4.54. The van der Waals surface area contributed by atoms with Crippen LogP contribution in [0, 0.1) is 6.92 Å². The third-order valence-corrected chi connectivity index (χ3v) is 3.42. The maximum atomic E-state index is 4.54. The minimum absolute atomic E-state index is 0.760. The van der Waals surface area contributed by atoms with E-state index < -0.39 is 0 Å². The van der Waals surface area contributed by atoms with Crippen LogP contribution in [0.2, 0.25) is 0 Å². The van der Waals surface area contributed by atoms with E-state index in [-0.39, 0.29) is 0 Å². The molecule has 0 N–H and O–H groups in total. The average Bonchev–Trinajstić information content (AvgIpc) is 2.73. The zero-order valence-corrected chi connectivity index (χ0v) is 11.6. The molecule has 90 valence electrons. The predicted octanol–water partition coefficient (Wildman–Crippen LogP) is 3.39. The summed E-state index contributed by atoms with van der Waals surface area (Å²) in [6.07, 6.45) is 2.67. The second-order valence-electron chi connectivity index (χ2n) is 4.32. The smallest absolute Gasteiger partial charge is 0.169 e. The van der Waals surface area contributed by atoms with Crippen molar-refractivity contribution in [1.82, 2.24) is 14.6 Å². The number of rotatable bonds is 2. The van der Waals surface area contributed by atoms with Crippen molar-refractivity contribution < 1.29 is 0 Å². The third kappa shape index (κ3) is 2.16. The summed E-state index contributed by atoms with van der Waals surface area (Å²) in [6, 6.07) is 12.4. The summed E-state index contributed by atoms with van der Waals surface area (Å²) in [5.74, 6) is 0.840. The highest BCUT2D eigenvalue weighted by Gasteiger charge is 2.06. The fourth-order valence-corrected chi connectivity index (χ4v) is 2.42. The lowest BCUT2D eigenvalue weighted by atomic mass is 10.1. The highest BCUT2D eigenvalue weighted by Crippen LogP contribution is 2.16. The van der Waals surface area contributed by atoms with Gasteiger partial charge in [0.15, 0.2) is 11.5 Å². The molecule has 18 heavy (non-hydrogen) atoms. The lowest BCUT2D eigenvalue weighted by Crippen LogP contribution is -1.92. The lowest BCUT2D eigenvalue weighted by molar-refractivity contribution is 0.898. The van der Waals surface area contributed by atoms with Crippen LogP contribution in [0.3, 0.4) is 0 Å². The number of aryl methyl sites for hydroxylation is 1. The van der Waals surface area contributed by atoms with Crippen LogP contribution >= 0.6 is 15.9 Å². The van der Waals surface area contributed by atoms with Crippen LogP contribution in [0.1, 0.15) is 17.0 Å². The molecule has 0 fully saturated rings. The van der Waals surface area contributed by atoms with Gasteiger partial charge in [0, 0.05) is 12.6 Å². The highest BCUT2D eigenvalue weighted by molar-refractivity contribution is 9.10. The van der Waals surface area contributed by atoms with Gasteiger partial charge < -0.3 is 0 Å². The van der Waals surface area contributed by atoms with Crippen LogP contribution in [0.25, 0.3) is 5.65 Å². The molecule has 0 aliphatic heterocycles. The van der Waals surface area contributed by atoms with Gasteiger partial charge in [-0.25, -0.2) is 9.50 Å². The van der Waals surface area contributed by atoms with Crippen molar-refractivity contribution in [3.8, 4) is 0 Å². The van der Waals surface area contributed by atoms with E-state index in [2.05, 4.69) is 57.2 Å². The molecule has 0 radical (unpaired) electrons. The molecule has 0 saturated carbocycles. The van der Waals surface area contributed by atoms with Gasteiger partial charge >= 0.3 is 0 Å². The van der Waals surface area contributed by atoms with Crippen molar-refractivity contribution in [2.24, 2.45) is 0 Å². The molecule has 0 saturated heterocycles. The van der Waals surface area contributed by atoms with Gasteiger partial charge in [-0.05, 0) is 40.5 Å². The van der Waals surface area contributed by atoms with Crippen LogP contribution in [-0.2, 0) is 6.42 Å². The molecule has 2 heterocycles. The molecule has 3 aromatic rings. The highest BCUT2D eigenvalue weighted by atomic mass is 79.9. The fraction of sp³-hybridized carbons (Fsp3) is 0.143. The topological polar surface area (TPSA) is 30.2 Å². The second-order valence-corrected chi connectivity index (χ2v) is 5.17. The maximum Gasteiger partial charge on any atom is 0.169 e. The first kappa shape index (κ1) is 11.4. The molecule has 0 unspecified atom stereocenters. The van der Waals surface area contributed by atoms with Crippen molar-refractivity contribution in [2.75, 3.05) is 0 Å². The monoisotopic (exact) mass is 301 g/mol. The van der Waals surface area contributed by atoms with E-state index >= 15 is 0 Å². The molecule has 1 aromatic carbocycles. The van der Waals surface area contributed by atoms with Crippen molar-refractivity contribution in [3.63, 3.8) is 0 Å². The van der Waals surface area contributed by atoms with Gasteiger partial charge in [-0.15, -0.1) is 0 Å². The standard InChI is InChI=1S/C14H12BrN3/c1-10-4-2-5-11(8-10)9-13-16-14-12(15)6-3-7-18(14)17-13/h2-8H,9H2,1H3. The molecule has 0 amide bonds. The Kier molecular flexibility index (Phi) is 2.88. The van der Waals surface area contributed by atoms with Crippen LogP contribution in [-0.4, -0.2) is 14.6 Å². The molecule has 0 bridgehead atoms. The predicted molar refractivity (Wildman–Crippen MR) is 74.7 cm³/mol. The Morgan fingerprint density at radius 3 is 2.89 bits per heavy atom. The van der Waals surface area contributed by atoms with Crippen LogP contribution in [0.4, 0.5) is 0 Å². The molecule has 0 aliphatic carbocycles. The van der Waals surface area contributed by atoms with Crippen LogP contribution < -0.4 is 0 Å². The van der Waals surface area contributed by atoms with E-state index in [1.165, 1.54) is 11.1 Å². The molecule has 3 rings (SSSR count). The van der Waals surface area contributed by atoms with E-state index in [1.807, 2.05) is 18.3 Å². The molecule has 0 atom stereocenters. The summed E-state index contributed by atoms with van der Waals surface area (Å²) in [7, 11) is 0. The van der Waals surface area contributed by atoms with Gasteiger partial charge in [0.1, 0.15) is 0 Å². The SMILES string of the molecule is Cc1cccc(Cc2nc3c(Br)cccn3n2)c1. The van der Waals surface area contributed by atoms with E-state index in [4.69, 9.17) is 0 Å². The minimum Gasteiger partial charge on any atom is -0.220 e. The number of hydrogen-bond acceptors (Lipinski definition) is 2. The quantitative estimate of drug-likeness (QED) is 0.726. The largest absolute Gasteiger partial charge is 0.220 e. The van der Waals surface area contributed by atoms with Crippen molar-refractivity contribution in [1.29, 1.82) is 0 Å². The summed E-state index contributed by atoms with van der Waals surface area (Å²) in [5.41, 5.74) is 3.36. The molecular formula is C14H12BrN3. The Hall–Kier alpha value is -1.68. The zero-order valence-electron chi connectivity index (χ0n) is 9.97. The number of fused-ring (bicyclic) bond motifs is 1. The Morgan fingerprint density at radius 2 is 2.11 bits per heavy atom. The van der Waals surface area contributed by atoms with Crippen molar-refractivity contribution in [3.05, 3.63) is 64.0 Å². The summed E-state index contributed by atoms with van der Waals surface area (Å²) >= 11 is 3.48. The van der Waals surface area contributed by atoms with E-state index in [0.29, 0.717) is 0 Å². The first-order chi connectivity index (χ1) is 8.72. The number of benzene rings is 1. The number of aromatic nitrogens is 3. The first-order valence-corrected chi connectivity index (χ1v) is 6.57. The van der Waals surface area contributed by atoms with Crippen molar-refractivity contribution >= 4 is 21.6 Å². The van der Waals surface area contributed by atoms with Gasteiger partial charge in [0.25, 0.3) is 0 Å². The third-order valence-electron chi connectivity index (χ3n) is 2.80. The molecule has 4 heteroatoms. The first-order valence-electron chi connectivity index (χ1n) is 5.78. The Morgan fingerprint density at radius 1 is 1.22 bits per heavy atom. The normalized spacial score (nSPS) is 11.0. The molecular weight excluding hydrogens is 290 g/mol. The number of pyridine rings is 1. The number of hydrogen-bond donors (Lipinski definition) is 0. The van der Waals surface area contributed by atoms with Gasteiger partial charge in [-0.3, -0.25) is 0 Å². The zero-order chi connectivity index (χ0) is 12.5. The van der Waals surface area contributed by atoms with Gasteiger partial charge in [0.05, 0.1) is 4.47 Å². The molecule has 3 nitrogen and oxygen atoms in total. The Labute approximate surface area is 114 Å². The molecule has 0 aliphatic rings. The number of nitrogens with zero attached hydrogens (tertiary/aromatic N) is 3. The van der Waals surface area contributed by atoms with Gasteiger partial charge in [-0.1, -0.05) is 29.8 Å². The fourth-order valence-electron chi connectivity index (χ4n) is 2.00. The molecule has 2 aromatic heterocycles. The maximum absolute atomic E-state index is 4.54. The van der Waals surface area contributed by atoms with E-state index in [1.54, 1.807) is 4.52 Å². The second kappa shape index (κ2) is 4.53. The Balaban J connectivity index is 1.98. The van der Waals surface area contributed by atoms with E-state index in [0.717, 1.165) is 22.4 Å². The van der Waals surface area contributed by atoms with Crippen LogP contribution in [0.5, 0.6) is 0 Å². The van der Waals surface area contributed by atoms with Gasteiger partial charge in [-0.2, -0.15) is 5.10 Å². The average molecular weight is 302 g/mol. The lowest BCUT2D eigenvalue weighted by Gasteiger charge is -1.98. The van der Waals surface area contributed by atoms with Crippen molar-refractivity contribution in [2.45, 2.75) is 13.3 Å². The summed E-state index contributed by atoms with van der Waals surface area (Å²) in [6.45, 7) is 2.09. The minimum atomic E-state index is 0.760. The summed E-state index contributed by atoms with van der Waals surface area (Å²) in [5, 5.41) is 4.47. The van der Waals surface area contributed by atoms with E-state index in [9.17, 15) is 0 Å². The summed E-state index contributed by atoms with van der Waals surface area (Å²) < 4.78 is 2.77. The van der Waals surface area contributed by atoms with Crippen LogP contribution in [0.15, 0.2) is 47.1 Å².